The van der Waals surface area contributed by atoms with E-state index >= 15 is 0 Å². The zero-order valence-electron chi connectivity index (χ0n) is 17.2. The quantitative estimate of drug-likeness (QED) is 0.581. The van der Waals surface area contributed by atoms with E-state index in [1.807, 2.05) is 12.1 Å². The normalized spacial score (nSPS) is 11.7. The zero-order chi connectivity index (χ0) is 22.3. The molecule has 0 heterocycles. The molecule has 2 aromatic carbocycles. The minimum Gasteiger partial charge on any atom is -0.481 e. The molecule has 0 unspecified atom stereocenters. The Morgan fingerprint density at radius 2 is 1.60 bits per heavy atom. The number of carbonyl (C=O) groups is 3. The molecule has 30 heavy (non-hydrogen) atoms. The molecule has 2 amide bonds. The fourth-order valence-corrected chi connectivity index (χ4v) is 2.70. The Bertz CT molecular complexity index is 943. The lowest BCUT2D eigenvalue weighted by molar-refractivity contribution is -0.136. The first-order valence-corrected chi connectivity index (χ1v) is 9.83. The van der Waals surface area contributed by atoms with Crippen molar-refractivity contribution in [2.24, 2.45) is 0 Å². The number of rotatable bonds is 7. The average molecular weight is 429 g/mol. The van der Waals surface area contributed by atoms with Crippen LogP contribution in [-0.2, 0) is 15.0 Å². The van der Waals surface area contributed by atoms with Crippen LogP contribution < -0.4 is 10.6 Å². The maximum Gasteiger partial charge on any atom is 0.305 e. The number of aliphatic carboxylic acids is 1. The minimum atomic E-state index is -1.03. The Labute approximate surface area is 180 Å². The fraction of sp³-hybridized carbons (Fsp3) is 0.261. The standard InChI is InChI=1S/C23H25ClN2O4/c1-23(2,3)17-8-6-16(7-9-17)21(29)26-19(22(30)25-13-12-20(27)28)14-15-4-10-18(24)11-5-15/h4-11,14H,12-13H2,1-3H3,(H,25,30)(H,26,29)(H,27,28)/b19-14-. The molecule has 0 aliphatic rings. The second-order valence-electron chi connectivity index (χ2n) is 7.79. The maximum atomic E-state index is 12.7. The molecule has 0 atom stereocenters. The molecule has 0 fully saturated rings. The summed E-state index contributed by atoms with van der Waals surface area (Å²) in [7, 11) is 0. The highest BCUT2D eigenvalue weighted by molar-refractivity contribution is 6.30. The number of benzene rings is 2. The van der Waals surface area contributed by atoms with E-state index in [9.17, 15) is 14.4 Å². The molecule has 3 N–H and O–H groups in total. The van der Waals surface area contributed by atoms with E-state index in [0.29, 0.717) is 16.1 Å². The summed E-state index contributed by atoms with van der Waals surface area (Å²) in [5, 5.41) is 14.4. The molecular formula is C23H25ClN2O4. The highest BCUT2D eigenvalue weighted by atomic mass is 35.5. The number of amides is 2. The summed E-state index contributed by atoms with van der Waals surface area (Å²) in [4.78, 5) is 35.9. The van der Waals surface area contributed by atoms with E-state index in [-0.39, 0.29) is 24.1 Å². The molecule has 0 aliphatic carbocycles. The first-order valence-electron chi connectivity index (χ1n) is 9.45. The van der Waals surface area contributed by atoms with Crippen LogP contribution in [0.2, 0.25) is 5.02 Å². The van der Waals surface area contributed by atoms with Crippen molar-refractivity contribution in [3.8, 4) is 0 Å². The van der Waals surface area contributed by atoms with Gasteiger partial charge in [-0.3, -0.25) is 14.4 Å². The van der Waals surface area contributed by atoms with Gasteiger partial charge in [-0.25, -0.2) is 0 Å². The SMILES string of the molecule is CC(C)(C)c1ccc(C(=O)N/C(=C\c2ccc(Cl)cc2)C(=O)NCCC(=O)O)cc1. The summed E-state index contributed by atoms with van der Waals surface area (Å²) >= 11 is 5.89. The molecule has 0 aromatic heterocycles. The molecule has 2 rings (SSSR count). The first kappa shape index (κ1) is 23.2. The van der Waals surface area contributed by atoms with Crippen LogP contribution in [0.15, 0.2) is 54.2 Å². The molecule has 7 heteroatoms. The van der Waals surface area contributed by atoms with E-state index in [2.05, 4.69) is 31.4 Å². The van der Waals surface area contributed by atoms with E-state index < -0.39 is 17.8 Å². The Kier molecular flexibility index (Phi) is 7.78. The second kappa shape index (κ2) is 10.1. The third-order valence-corrected chi connectivity index (χ3v) is 4.56. The second-order valence-corrected chi connectivity index (χ2v) is 8.23. The van der Waals surface area contributed by atoms with Gasteiger partial charge in [-0.15, -0.1) is 0 Å². The van der Waals surface area contributed by atoms with Crippen molar-refractivity contribution in [1.82, 2.24) is 10.6 Å². The van der Waals surface area contributed by atoms with Crippen molar-refractivity contribution in [3.05, 3.63) is 75.9 Å². The average Bonchev–Trinajstić information content (AvgIpc) is 2.68. The Morgan fingerprint density at radius 3 is 2.13 bits per heavy atom. The molecule has 0 saturated heterocycles. The largest absolute Gasteiger partial charge is 0.481 e. The summed E-state index contributed by atoms with van der Waals surface area (Å²) < 4.78 is 0. The summed E-state index contributed by atoms with van der Waals surface area (Å²) in [6.45, 7) is 6.19. The third-order valence-electron chi connectivity index (χ3n) is 4.31. The zero-order valence-corrected chi connectivity index (χ0v) is 17.9. The van der Waals surface area contributed by atoms with Crippen LogP contribution in [0.3, 0.4) is 0 Å². The monoisotopic (exact) mass is 428 g/mol. The van der Waals surface area contributed by atoms with Crippen molar-refractivity contribution in [1.29, 1.82) is 0 Å². The van der Waals surface area contributed by atoms with Gasteiger partial charge in [0.1, 0.15) is 5.70 Å². The third kappa shape index (κ3) is 7.04. The first-order chi connectivity index (χ1) is 14.1. The maximum absolute atomic E-state index is 12.7. The minimum absolute atomic E-state index is 0.00705. The molecular weight excluding hydrogens is 404 g/mol. The van der Waals surface area contributed by atoms with Gasteiger partial charge in [0.25, 0.3) is 11.8 Å². The van der Waals surface area contributed by atoms with E-state index in [4.69, 9.17) is 16.7 Å². The van der Waals surface area contributed by atoms with Crippen LogP contribution in [0.25, 0.3) is 6.08 Å². The highest BCUT2D eigenvalue weighted by Crippen LogP contribution is 2.22. The molecule has 2 aromatic rings. The van der Waals surface area contributed by atoms with Crippen molar-refractivity contribution in [3.63, 3.8) is 0 Å². The lowest BCUT2D eigenvalue weighted by Gasteiger charge is -2.19. The van der Waals surface area contributed by atoms with Crippen LogP contribution in [0.4, 0.5) is 0 Å². The van der Waals surface area contributed by atoms with Crippen LogP contribution in [0, 0.1) is 0 Å². The molecule has 6 nitrogen and oxygen atoms in total. The van der Waals surface area contributed by atoms with Gasteiger partial charge in [0.05, 0.1) is 6.42 Å². The summed E-state index contributed by atoms with van der Waals surface area (Å²) in [5.74, 6) is -2.04. The van der Waals surface area contributed by atoms with Crippen LogP contribution in [0.5, 0.6) is 0 Å². The number of halogens is 1. The Balaban J connectivity index is 2.22. The van der Waals surface area contributed by atoms with Gasteiger partial charge in [0, 0.05) is 17.1 Å². The predicted molar refractivity (Wildman–Crippen MR) is 117 cm³/mol. The smallest absolute Gasteiger partial charge is 0.305 e. The van der Waals surface area contributed by atoms with Gasteiger partial charge in [-0.2, -0.15) is 0 Å². The molecule has 0 bridgehead atoms. The van der Waals surface area contributed by atoms with Crippen molar-refractivity contribution in [2.45, 2.75) is 32.6 Å². The van der Waals surface area contributed by atoms with Crippen molar-refractivity contribution < 1.29 is 19.5 Å². The van der Waals surface area contributed by atoms with Gasteiger partial charge in [0.15, 0.2) is 0 Å². The van der Waals surface area contributed by atoms with Crippen molar-refractivity contribution in [2.75, 3.05) is 6.54 Å². The number of carboxylic acids is 1. The van der Waals surface area contributed by atoms with Gasteiger partial charge >= 0.3 is 5.97 Å². The number of carbonyl (C=O) groups excluding carboxylic acids is 2. The Hall–Kier alpha value is -3.12. The van der Waals surface area contributed by atoms with Gasteiger partial charge in [0.2, 0.25) is 0 Å². The van der Waals surface area contributed by atoms with Gasteiger partial charge < -0.3 is 15.7 Å². The van der Waals surface area contributed by atoms with E-state index in [0.717, 1.165) is 5.56 Å². The summed E-state index contributed by atoms with van der Waals surface area (Å²) in [6.07, 6.45) is 1.29. The molecule has 0 radical (unpaired) electrons. The van der Waals surface area contributed by atoms with Crippen molar-refractivity contribution >= 4 is 35.5 Å². The van der Waals surface area contributed by atoms with Crippen LogP contribution in [0.1, 0.15) is 48.7 Å². The Morgan fingerprint density at radius 1 is 1.00 bits per heavy atom. The van der Waals surface area contributed by atoms with Gasteiger partial charge in [-0.1, -0.05) is 56.6 Å². The summed E-state index contributed by atoms with van der Waals surface area (Å²) in [5.41, 5.74) is 2.11. The van der Waals surface area contributed by atoms with Gasteiger partial charge in [-0.05, 0) is 46.9 Å². The van der Waals surface area contributed by atoms with E-state index in [1.54, 1.807) is 36.4 Å². The topological polar surface area (TPSA) is 95.5 Å². The molecule has 0 aliphatic heterocycles. The number of carboxylic acid groups (broad SMARTS) is 1. The highest BCUT2D eigenvalue weighted by Gasteiger charge is 2.17. The lowest BCUT2D eigenvalue weighted by Crippen LogP contribution is -2.35. The van der Waals surface area contributed by atoms with Crippen LogP contribution in [-0.4, -0.2) is 29.4 Å². The van der Waals surface area contributed by atoms with E-state index in [1.165, 1.54) is 6.08 Å². The van der Waals surface area contributed by atoms with Crippen LogP contribution >= 0.6 is 11.6 Å². The predicted octanol–water partition coefficient (Wildman–Crippen LogP) is 4.00. The summed E-state index contributed by atoms with van der Waals surface area (Å²) in [6, 6.07) is 13.9. The number of nitrogens with one attached hydrogen (secondary N) is 2. The molecule has 0 spiro atoms. The molecule has 0 saturated carbocycles. The lowest BCUT2D eigenvalue weighted by atomic mass is 9.87. The fourth-order valence-electron chi connectivity index (χ4n) is 2.58. The number of hydrogen-bond donors (Lipinski definition) is 3. The number of hydrogen-bond acceptors (Lipinski definition) is 3. The molecule has 158 valence electrons.